The smallest absolute Gasteiger partial charge is 0.406 e. The number of halogens is 3. The first kappa shape index (κ1) is 18.3. The van der Waals surface area contributed by atoms with Crippen molar-refractivity contribution in [3.63, 3.8) is 0 Å². The van der Waals surface area contributed by atoms with Crippen LogP contribution in [-0.2, 0) is 6.54 Å². The molecule has 0 unspecified atom stereocenters. The van der Waals surface area contributed by atoms with Gasteiger partial charge in [0, 0.05) is 24.7 Å². The first-order valence-electron chi connectivity index (χ1n) is 7.23. The molecule has 132 valence electrons. The van der Waals surface area contributed by atoms with Crippen molar-refractivity contribution in [3.05, 3.63) is 65.2 Å². The largest absolute Gasteiger partial charge is 0.573 e. The van der Waals surface area contributed by atoms with Crippen molar-refractivity contribution in [1.29, 1.82) is 0 Å². The monoisotopic (exact) mass is 352 g/mol. The van der Waals surface area contributed by atoms with Crippen molar-refractivity contribution in [2.24, 2.45) is 0 Å². The van der Waals surface area contributed by atoms with Gasteiger partial charge in [0.25, 0.3) is 11.8 Å². The van der Waals surface area contributed by atoms with Crippen LogP contribution in [0.5, 0.6) is 5.75 Å². The third-order valence-corrected chi connectivity index (χ3v) is 3.25. The van der Waals surface area contributed by atoms with Crippen LogP contribution < -0.4 is 15.4 Å². The van der Waals surface area contributed by atoms with E-state index in [1.165, 1.54) is 19.2 Å². The standard InChI is InChI=1S/C17H15F3N2O3/c1-21-15(23)12-4-2-11(3-5-12)10-22-16(24)13-6-8-14(9-7-13)25-17(18,19)20/h2-9H,10H2,1H3,(H,21,23)(H,22,24). The first-order valence-corrected chi connectivity index (χ1v) is 7.23. The van der Waals surface area contributed by atoms with Crippen LogP contribution in [0.25, 0.3) is 0 Å². The van der Waals surface area contributed by atoms with Gasteiger partial charge in [-0.2, -0.15) is 0 Å². The Morgan fingerprint density at radius 1 is 0.920 bits per heavy atom. The predicted molar refractivity (Wildman–Crippen MR) is 84.1 cm³/mol. The molecule has 2 rings (SSSR count). The molecule has 0 atom stereocenters. The van der Waals surface area contributed by atoms with Crippen molar-refractivity contribution in [2.75, 3.05) is 7.05 Å². The summed E-state index contributed by atoms with van der Waals surface area (Å²) >= 11 is 0. The molecule has 0 aliphatic carbocycles. The highest BCUT2D eigenvalue weighted by atomic mass is 19.4. The molecule has 5 nitrogen and oxygen atoms in total. The van der Waals surface area contributed by atoms with E-state index in [0.29, 0.717) is 5.56 Å². The second-order valence-electron chi connectivity index (χ2n) is 5.03. The molecule has 0 radical (unpaired) electrons. The fraction of sp³-hybridized carbons (Fsp3) is 0.176. The molecular weight excluding hydrogens is 337 g/mol. The van der Waals surface area contributed by atoms with Gasteiger partial charge in [-0.15, -0.1) is 13.2 Å². The van der Waals surface area contributed by atoms with E-state index in [4.69, 9.17) is 0 Å². The summed E-state index contributed by atoms with van der Waals surface area (Å²) in [6, 6.07) is 11.3. The molecule has 0 spiro atoms. The first-order chi connectivity index (χ1) is 11.8. The maximum atomic E-state index is 12.1. The summed E-state index contributed by atoms with van der Waals surface area (Å²) in [5.41, 5.74) is 1.48. The molecule has 0 fully saturated rings. The van der Waals surface area contributed by atoms with Gasteiger partial charge in [-0.05, 0) is 42.0 Å². The van der Waals surface area contributed by atoms with Crippen LogP contribution in [-0.4, -0.2) is 25.2 Å². The molecule has 0 saturated heterocycles. The molecular formula is C17H15F3N2O3. The third kappa shape index (κ3) is 5.52. The quantitative estimate of drug-likeness (QED) is 0.870. The van der Waals surface area contributed by atoms with E-state index in [1.807, 2.05) is 0 Å². The molecule has 8 heteroatoms. The van der Waals surface area contributed by atoms with Gasteiger partial charge in [-0.25, -0.2) is 0 Å². The van der Waals surface area contributed by atoms with Crippen LogP contribution in [0, 0.1) is 0 Å². The summed E-state index contributed by atoms with van der Waals surface area (Å²) in [7, 11) is 1.53. The highest BCUT2D eigenvalue weighted by Crippen LogP contribution is 2.22. The number of rotatable bonds is 5. The number of amides is 2. The molecule has 0 aliphatic rings. The molecule has 0 heterocycles. The number of hydrogen-bond donors (Lipinski definition) is 2. The Kier molecular flexibility index (Phi) is 5.63. The van der Waals surface area contributed by atoms with Crippen molar-refractivity contribution >= 4 is 11.8 Å². The Morgan fingerprint density at radius 3 is 1.96 bits per heavy atom. The summed E-state index contributed by atoms with van der Waals surface area (Å²) in [6.45, 7) is 0.216. The SMILES string of the molecule is CNC(=O)c1ccc(CNC(=O)c2ccc(OC(F)(F)F)cc2)cc1. The van der Waals surface area contributed by atoms with Crippen LogP contribution in [0.4, 0.5) is 13.2 Å². The lowest BCUT2D eigenvalue weighted by Crippen LogP contribution is -2.23. The topological polar surface area (TPSA) is 67.4 Å². The van der Waals surface area contributed by atoms with Crippen LogP contribution in [0.3, 0.4) is 0 Å². The number of alkyl halides is 3. The average Bonchev–Trinajstić information content (AvgIpc) is 2.58. The minimum atomic E-state index is -4.77. The van der Waals surface area contributed by atoms with E-state index in [-0.39, 0.29) is 18.0 Å². The second-order valence-corrected chi connectivity index (χ2v) is 5.03. The van der Waals surface area contributed by atoms with E-state index in [0.717, 1.165) is 17.7 Å². The van der Waals surface area contributed by atoms with E-state index < -0.39 is 18.0 Å². The van der Waals surface area contributed by atoms with Crippen molar-refractivity contribution in [1.82, 2.24) is 10.6 Å². The van der Waals surface area contributed by atoms with Gasteiger partial charge < -0.3 is 15.4 Å². The molecule has 0 aromatic heterocycles. The van der Waals surface area contributed by atoms with E-state index in [9.17, 15) is 22.8 Å². The maximum Gasteiger partial charge on any atom is 0.573 e. The van der Waals surface area contributed by atoms with Crippen LogP contribution in [0.1, 0.15) is 26.3 Å². The molecule has 0 bridgehead atoms. The average molecular weight is 352 g/mol. The molecule has 2 amide bonds. The Morgan fingerprint density at radius 2 is 1.44 bits per heavy atom. The van der Waals surface area contributed by atoms with Gasteiger partial charge in [-0.1, -0.05) is 12.1 Å². The lowest BCUT2D eigenvalue weighted by Gasteiger charge is -2.10. The number of nitrogens with one attached hydrogen (secondary N) is 2. The molecule has 25 heavy (non-hydrogen) atoms. The van der Waals surface area contributed by atoms with Gasteiger partial charge in [-0.3, -0.25) is 9.59 Å². The summed E-state index contributed by atoms with van der Waals surface area (Å²) in [4.78, 5) is 23.4. The highest BCUT2D eigenvalue weighted by Gasteiger charge is 2.31. The number of hydrogen-bond acceptors (Lipinski definition) is 3. The normalized spacial score (nSPS) is 10.9. The Bertz CT molecular complexity index is 741. The van der Waals surface area contributed by atoms with Crippen molar-refractivity contribution in [3.8, 4) is 5.75 Å². The molecule has 0 saturated carbocycles. The van der Waals surface area contributed by atoms with E-state index >= 15 is 0 Å². The zero-order valence-electron chi connectivity index (χ0n) is 13.2. The fourth-order valence-corrected chi connectivity index (χ4v) is 2.01. The Balaban J connectivity index is 1.92. The maximum absolute atomic E-state index is 12.1. The van der Waals surface area contributed by atoms with Gasteiger partial charge >= 0.3 is 6.36 Å². The van der Waals surface area contributed by atoms with Crippen LogP contribution in [0.2, 0.25) is 0 Å². The second kappa shape index (κ2) is 7.69. The molecule has 2 aromatic rings. The molecule has 2 N–H and O–H groups in total. The van der Waals surface area contributed by atoms with E-state index in [1.54, 1.807) is 24.3 Å². The van der Waals surface area contributed by atoms with Crippen molar-refractivity contribution in [2.45, 2.75) is 12.9 Å². The minimum Gasteiger partial charge on any atom is -0.406 e. The predicted octanol–water partition coefficient (Wildman–Crippen LogP) is 2.87. The van der Waals surface area contributed by atoms with Crippen molar-refractivity contribution < 1.29 is 27.5 Å². The lowest BCUT2D eigenvalue weighted by molar-refractivity contribution is -0.274. The molecule has 2 aromatic carbocycles. The number of benzene rings is 2. The summed E-state index contributed by atoms with van der Waals surface area (Å²) in [6.07, 6.45) is -4.77. The zero-order valence-corrected chi connectivity index (χ0v) is 13.2. The van der Waals surface area contributed by atoms with Gasteiger partial charge in [0.05, 0.1) is 0 Å². The Labute approximate surface area is 141 Å². The minimum absolute atomic E-state index is 0.205. The van der Waals surface area contributed by atoms with E-state index in [2.05, 4.69) is 15.4 Å². The van der Waals surface area contributed by atoms with Crippen LogP contribution >= 0.6 is 0 Å². The number of carbonyl (C=O) groups excluding carboxylic acids is 2. The van der Waals surface area contributed by atoms with Gasteiger partial charge in [0.2, 0.25) is 0 Å². The molecule has 0 aliphatic heterocycles. The summed E-state index contributed by atoms with van der Waals surface area (Å²) < 4.78 is 40.0. The number of ether oxygens (including phenoxy) is 1. The third-order valence-electron chi connectivity index (χ3n) is 3.25. The Hall–Kier alpha value is -3.03. The fourth-order valence-electron chi connectivity index (χ4n) is 2.01. The highest BCUT2D eigenvalue weighted by molar-refractivity contribution is 5.94. The number of carbonyl (C=O) groups is 2. The van der Waals surface area contributed by atoms with Gasteiger partial charge in [0.15, 0.2) is 0 Å². The summed E-state index contributed by atoms with van der Waals surface area (Å²) in [5.74, 6) is -1.04. The lowest BCUT2D eigenvalue weighted by atomic mass is 10.1. The van der Waals surface area contributed by atoms with Crippen LogP contribution in [0.15, 0.2) is 48.5 Å². The summed E-state index contributed by atoms with van der Waals surface area (Å²) in [5, 5.41) is 5.14. The van der Waals surface area contributed by atoms with Gasteiger partial charge in [0.1, 0.15) is 5.75 Å². The zero-order chi connectivity index (χ0) is 18.4.